The Hall–Kier alpha value is -1.71. The van der Waals surface area contributed by atoms with Gasteiger partial charge in [0, 0.05) is 31.5 Å². The lowest BCUT2D eigenvalue weighted by molar-refractivity contribution is -0.145. The van der Waals surface area contributed by atoms with Crippen molar-refractivity contribution in [2.24, 2.45) is 10.7 Å². The Labute approximate surface area is 165 Å². The first-order valence-electron chi connectivity index (χ1n) is 9.18. The number of hydrogen-bond acceptors (Lipinski definition) is 7. The van der Waals surface area contributed by atoms with E-state index in [-0.39, 0.29) is 11.8 Å². The van der Waals surface area contributed by atoms with Gasteiger partial charge in [0.05, 0.1) is 13.2 Å². The fourth-order valence-electron chi connectivity index (χ4n) is 2.43. The number of morpholine rings is 1. The van der Waals surface area contributed by atoms with E-state index in [1.807, 2.05) is 13.0 Å². The molecule has 0 spiro atoms. The van der Waals surface area contributed by atoms with Gasteiger partial charge in [-0.2, -0.15) is 0 Å². The molecular weight excluding hydrogens is 368 g/mol. The summed E-state index contributed by atoms with van der Waals surface area (Å²) in [5.41, 5.74) is 6.39. The van der Waals surface area contributed by atoms with E-state index >= 15 is 0 Å². The molecule has 2 amide bonds. The van der Waals surface area contributed by atoms with Gasteiger partial charge in [0.2, 0.25) is 5.91 Å². The van der Waals surface area contributed by atoms with E-state index < -0.39 is 6.10 Å². The molecule has 27 heavy (non-hydrogen) atoms. The van der Waals surface area contributed by atoms with Crippen LogP contribution in [0.15, 0.2) is 16.8 Å². The maximum absolute atomic E-state index is 11.8. The molecule has 2 rings (SSSR count). The summed E-state index contributed by atoms with van der Waals surface area (Å²) in [5.74, 6) is 0.706. The first kappa shape index (κ1) is 23.3. The van der Waals surface area contributed by atoms with Crippen LogP contribution in [-0.4, -0.2) is 72.7 Å². The van der Waals surface area contributed by atoms with E-state index in [0.717, 1.165) is 37.0 Å². The Kier molecular flexibility index (Phi) is 11.6. The lowest BCUT2D eigenvalue weighted by atomic mass is 10.2. The van der Waals surface area contributed by atoms with Crippen molar-refractivity contribution in [2.45, 2.75) is 39.2 Å². The molecule has 152 valence electrons. The highest BCUT2D eigenvalue weighted by atomic mass is 32.2. The van der Waals surface area contributed by atoms with Crippen LogP contribution in [-0.2, 0) is 19.1 Å². The molecule has 2 heterocycles. The van der Waals surface area contributed by atoms with E-state index in [2.05, 4.69) is 10.3 Å². The predicted octanol–water partition coefficient (Wildman–Crippen LogP) is 0.713. The average molecular weight is 399 g/mol. The van der Waals surface area contributed by atoms with Gasteiger partial charge < -0.3 is 20.7 Å². The third kappa shape index (κ3) is 9.16. The lowest BCUT2D eigenvalue weighted by Gasteiger charge is -2.31. The van der Waals surface area contributed by atoms with Gasteiger partial charge in [-0.1, -0.05) is 24.3 Å². The average Bonchev–Trinajstić information content (AvgIpc) is 3.16. The molecule has 2 aliphatic heterocycles. The van der Waals surface area contributed by atoms with Gasteiger partial charge in [0.25, 0.3) is 5.91 Å². The minimum Gasteiger partial charge on any atom is -0.365 e. The number of nitrogens with one attached hydrogen (secondary N) is 1. The first-order valence-corrected chi connectivity index (χ1v) is 10.2. The van der Waals surface area contributed by atoms with Crippen LogP contribution in [0.2, 0.25) is 0 Å². The molecular formula is C18H30N4O4S. The number of aldehydes is 1. The Morgan fingerprint density at radius 3 is 2.74 bits per heavy atom. The SMILES string of the molecule is C/C=C1\CSC(C=O)=N1.CC(=O)N1CCOC(C(=O)NCCCCCN)C1. The summed E-state index contributed by atoms with van der Waals surface area (Å²) >= 11 is 1.49. The Morgan fingerprint density at radius 2 is 2.19 bits per heavy atom. The molecule has 2 aliphatic rings. The number of carbonyl (C=O) groups excluding carboxylic acids is 3. The van der Waals surface area contributed by atoms with Crippen LogP contribution in [0, 0.1) is 0 Å². The molecule has 0 aromatic rings. The molecule has 1 atom stereocenters. The Balaban J connectivity index is 0.000000337. The minimum atomic E-state index is -0.530. The normalized spacial score (nSPS) is 20.6. The van der Waals surface area contributed by atoms with E-state index in [1.54, 1.807) is 4.90 Å². The van der Waals surface area contributed by atoms with E-state index in [9.17, 15) is 14.4 Å². The van der Waals surface area contributed by atoms with E-state index in [0.29, 0.717) is 37.8 Å². The fourth-order valence-corrected chi connectivity index (χ4v) is 3.20. The molecule has 8 nitrogen and oxygen atoms in total. The largest absolute Gasteiger partial charge is 0.365 e. The topological polar surface area (TPSA) is 114 Å². The summed E-state index contributed by atoms with van der Waals surface area (Å²) in [6, 6.07) is 0. The number of nitrogens with two attached hydrogens (primary N) is 1. The van der Waals surface area contributed by atoms with Gasteiger partial charge in [0.1, 0.15) is 5.04 Å². The Bertz CT molecular complexity index is 566. The first-order chi connectivity index (χ1) is 13.0. The molecule has 1 saturated heterocycles. The molecule has 1 fully saturated rings. The zero-order valence-electron chi connectivity index (χ0n) is 16.1. The van der Waals surface area contributed by atoms with Crippen LogP contribution < -0.4 is 11.1 Å². The number of aliphatic imine (C=N–C) groups is 1. The van der Waals surface area contributed by atoms with Crippen molar-refractivity contribution >= 4 is 34.9 Å². The highest BCUT2D eigenvalue weighted by molar-refractivity contribution is 8.16. The van der Waals surface area contributed by atoms with Gasteiger partial charge in [-0.15, -0.1) is 0 Å². The van der Waals surface area contributed by atoms with Crippen molar-refractivity contribution in [3.8, 4) is 0 Å². The van der Waals surface area contributed by atoms with Crippen LogP contribution in [0.5, 0.6) is 0 Å². The summed E-state index contributed by atoms with van der Waals surface area (Å²) in [4.78, 5) is 38.8. The molecule has 0 aromatic heterocycles. The number of amides is 2. The van der Waals surface area contributed by atoms with Gasteiger partial charge in [0.15, 0.2) is 12.4 Å². The summed E-state index contributed by atoms with van der Waals surface area (Å²) in [6.45, 7) is 6.09. The monoisotopic (exact) mass is 398 g/mol. The minimum absolute atomic E-state index is 0.0148. The number of hydrogen-bond donors (Lipinski definition) is 2. The van der Waals surface area contributed by atoms with Gasteiger partial charge in [-0.25, -0.2) is 4.99 Å². The van der Waals surface area contributed by atoms with Crippen LogP contribution >= 0.6 is 11.8 Å². The summed E-state index contributed by atoms with van der Waals surface area (Å²) in [6.07, 6.45) is 5.10. The van der Waals surface area contributed by atoms with Crippen molar-refractivity contribution in [1.29, 1.82) is 0 Å². The predicted molar refractivity (Wildman–Crippen MR) is 108 cm³/mol. The second kappa shape index (κ2) is 13.5. The fraction of sp³-hybridized carbons (Fsp3) is 0.667. The second-order valence-electron chi connectivity index (χ2n) is 6.10. The molecule has 0 saturated carbocycles. The number of thioether (sulfide) groups is 1. The number of nitrogens with zero attached hydrogens (tertiary/aromatic N) is 2. The number of allylic oxidation sites excluding steroid dienone is 1. The van der Waals surface area contributed by atoms with Crippen molar-refractivity contribution in [1.82, 2.24) is 10.2 Å². The van der Waals surface area contributed by atoms with E-state index in [4.69, 9.17) is 10.5 Å². The van der Waals surface area contributed by atoms with E-state index in [1.165, 1.54) is 18.7 Å². The molecule has 1 unspecified atom stereocenters. The number of unbranched alkanes of at least 4 members (excludes halogenated alkanes) is 2. The summed E-state index contributed by atoms with van der Waals surface area (Å²) in [7, 11) is 0. The molecule has 3 N–H and O–H groups in total. The van der Waals surface area contributed by atoms with Crippen molar-refractivity contribution in [3.05, 3.63) is 11.8 Å². The quantitative estimate of drug-likeness (QED) is 0.482. The zero-order chi connectivity index (χ0) is 20.1. The molecule has 9 heteroatoms. The van der Waals surface area contributed by atoms with Crippen molar-refractivity contribution in [3.63, 3.8) is 0 Å². The third-order valence-electron chi connectivity index (χ3n) is 4.04. The van der Waals surface area contributed by atoms with Gasteiger partial charge in [-0.3, -0.25) is 14.4 Å². The lowest BCUT2D eigenvalue weighted by Crippen LogP contribution is -2.51. The summed E-state index contributed by atoms with van der Waals surface area (Å²) in [5, 5.41) is 3.43. The standard InChI is InChI=1S/C12H23N3O3.C6H7NOS/c1-10(16)15-7-8-18-11(9-15)12(17)14-6-4-2-3-5-13;1-2-5-4-9-6(3-8)7-5/h11H,2-9,13H2,1H3,(H,14,17);2-3H,4H2,1H3/b;5-2+. The van der Waals surface area contributed by atoms with Crippen LogP contribution in [0.25, 0.3) is 0 Å². The van der Waals surface area contributed by atoms with Crippen LogP contribution in [0.1, 0.15) is 33.1 Å². The van der Waals surface area contributed by atoms with Gasteiger partial charge in [-0.05, 0) is 26.3 Å². The number of carbonyl (C=O) groups is 3. The molecule has 0 bridgehead atoms. The maximum Gasteiger partial charge on any atom is 0.250 e. The van der Waals surface area contributed by atoms with Crippen LogP contribution in [0.4, 0.5) is 0 Å². The highest BCUT2D eigenvalue weighted by Gasteiger charge is 2.27. The molecule has 0 aromatic carbocycles. The number of ether oxygens (including phenoxy) is 1. The maximum atomic E-state index is 11.8. The van der Waals surface area contributed by atoms with Crippen molar-refractivity contribution < 1.29 is 19.1 Å². The zero-order valence-corrected chi connectivity index (χ0v) is 16.9. The Morgan fingerprint density at radius 1 is 1.41 bits per heavy atom. The molecule has 0 aliphatic carbocycles. The molecule has 0 radical (unpaired) electrons. The van der Waals surface area contributed by atoms with Crippen LogP contribution in [0.3, 0.4) is 0 Å². The summed E-state index contributed by atoms with van der Waals surface area (Å²) < 4.78 is 5.37. The smallest absolute Gasteiger partial charge is 0.250 e. The van der Waals surface area contributed by atoms with Gasteiger partial charge >= 0.3 is 0 Å². The third-order valence-corrected chi connectivity index (χ3v) is 4.96. The highest BCUT2D eigenvalue weighted by Crippen LogP contribution is 2.18. The number of rotatable bonds is 7. The second-order valence-corrected chi connectivity index (χ2v) is 7.10. The van der Waals surface area contributed by atoms with Crippen molar-refractivity contribution in [2.75, 3.05) is 38.5 Å².